The molecule has 5 nitrogen and oxygen atoms in total. The fraction of sp³-hybridized carbons (Fsp3) is 0.158. The lowest BCUT2D eigenvalue weighted by molar-refractivity contribution is 0.104. The van der Waals surface area contributed by atoms with E-state index in [0.717, 1.165) is 16.0 Å². The number of hydrogen-bond donors (Lipinski definition) is 0. The predicted octanol–water partition coefficient (Wildman–Crippen LogP) is 4.09. The Morgan fingerprint density at radius 1 is 1.12 bits per heavy atom. The van der Waals surface area contributed by atoms with Crippen LogP contribution in [-0.4, -0.2) is 38.0 Å². The van der Waals surface area contributed by atoms with Gasteiger partial charge in [0.15, 0.2) is 11.5 Å². The van der Waals surface area contributed by atoms with Crippen LogP contribution < -0.4 is 9.47 Å². The van der Waals surface area contributed by atoms with Crippen LogP contribution in [0.1, 0.15) is 15.9 Å². The maximum Gasteiger partial charge on any atom is 0.414 e. The highest BCUT2D eigenvalue weighted by molar-refractivity contribution is 8.04. The smallest absolute Gasteiger partial charge is 0.414 e. The fourth-order valence-corrected chi connectivity index (χ4v) is 3.38. The van der Waals surface area contributed by atoms with Crippen molar-refractivity contribution < 1.29 is 19.1 Å². The summed E-state index contributed by atoms with van der Waals surface area (Å²) in [7, 11) is 4.72. The van der Waals surface area contributed by atoms with Crippen LogP contribution in [0.4, 0.5) is 4.79 Å². The molecule has 1 amide bonds. The first-order valence-corrected chi connectivity index (χ1v) is 8.41. The molecule has 0 aromatic heterocycles. The summed E-state index contributed by atoms with van der Waals surface area (Å²) in [6.45, 7) is 0. The SMILES string of the molecule is COc1cc(/C=C2\Sc3ccccc3C2=O)ccc1OC(=O)N(C)C. The summed E-state index contributed by atoms with van der Waals surface area (Å²) >= 11 is 1.45. The van der Waals surface area contributed by atoms with Gasteiger partial charge in [0.1, 0.15) is 0 Å². The molecule has 2 aromatic carbocycles. The van der Waals surface area contributed by atoms with Crippen LogP contribution in [0.3, 0.4) is 0 Å². The second-order valence-electron chi connectivity index (χ2n) is 5.61. The van der Waals surface area contributed by atoms with E-state index in [2.05, 4.69) is 0 Å². The van der Waals surface area contributed by atoms with Crippen molar-refractivity contribution in [2.75, 3.05) is 21.2 Å². The third-order valence-electron chi connectivity index (χ3n) is 3.62. The molecule has 1 aliphatic heterocycles. The minimum absolute atomic E-state index is 0.0164. The third-order valence-corrected chi connectivity index (χ3v) is 4.72. The number of benzene rings is 2. The number of carbonyl (C=O) groups excluding carboxylic acids is 2. The minimum atomic E-state index is -0.485. The molecule has 3 rings (SSSR count). The lowest BCUT2D eigenvalue weighted by atomic mass is 10.1. The highest BCUT2D eigenvalue weighted by Gasteiger charge is 2.25. The van der Waals surface area contributed by atoms with Crippen LogP contribution in [0.5, 0.6) is 11.5 Å². The van der Waals surface area contributed by atoms with Crippen LogP contribution in [0, 0.1) is 0 Å². The van der Waals surface area contributed by atoms with Crippen molar-refractivity contribution in [3.05, 3.63) is 58.5 Å². The monoisotopic (exact) mass is 355 g/mol. The van der Waals surface area contributed by atoms with Crippen molar-refractivity contribution in [1.82, 2.24) is 4.90 Å². The van der Waals surface area contributed by atoms with Gasteiger partial charge < -0.3 is 14.4 Å². The third kappa shape index (κ3) is 3.53. The number of ketones is 1. The number of fused-ring (bicyclic) bond motifs is 1. The van der Waals surface area contributed by atoms with Crippen LogP contribution in [0.2, 0.25) is 0 Å². The maximum atomic E-state index is 12.4. The number of hydrogen-bond acceptors (Lipinski definition) is 5. The molecule has 2 aromatic rings. The van der Waals surface area contributed by atoms with E-state index < -0.39 is 6.09 Å². The first-order chi connectivity index (χ1) is 12.0. The Morgan fingerprint density at radius 2 is 1.88 bits per heavy atom. The molecule has 0 atom stereocenters. The van der Waals surface area contributed by atoms with Crippen LogP contribution in [-0.2, 0) is 0 Å². The van der Waals surface area contributed by atoms with Crippen molar-refractivity contribution in [2.45, 2.75) is 4.90 Å². The van der Waals surface area contributed by atoms with Gasteiger partial charge in [-0.25, -0.2) is 4.79 Å². The van der Waals surface area contributed by atoms with Crippen LogP contribution >= 0.6 is 11.8 Å². The van der Waals surface area contributed by atoms with E-state index in [-0.39, 0.29) is 5.78 Å². The molecule has 1 aliphatic rings. The molecular formula is C19H17NO4S. The molecule has 0 N–H and O–H groups in total. The highest BCUT2D eigenvalue weighted by atomic mass is 32.2. The van der Waals surface area contributed by atoms with Gasteiger partial charge in [-0.05, 0) is 35.9 Å². The second-order valence-corrected chi connectivity index (χ2v) is 6.69. The number of carbonyl (C=O) groups is 2. The van der Waals surface area contributed by atoms with Crippen molar-refractivity contribution in [2.24, 2.45) is 0 Å². The van der Waals surface area contributed by atoms with E-state index in [1.54, 1.807) is 32.3 Å². The fourth-order valence-electron chi connectivity index (χ4n) is 2.33. The van der Waals surface area contributed by atoms with E-state index in [0.29, 0.717) is 16.4 Å². The van der Waals surface area contributed by atoms with Gasteiger partial charge in [0.05, 0.1) is 12.0 Å². The van der Waals surface area contributed by atoms with Crippen molar-refractivity contribution in [3.8, 4) is 11.5 Å². The Morgan fingerprint density at radius 3 is 2.56 bits per heavy atom. The second kappa shape index (κ2) is 7.03. The average Bonchev–Trinajstić information content (AvgIpc) is 2.92. The molecular weight excluding hydrogens is 338 g/mol. The number of allylic oxidation sites excluding steroid dienone is 1. The molecule has 0 unspecified atom stereocenters. The summed E-state index contributed by atoms with van der Waals surface area (Å²) in [5.41, 5.74) is 1.52. The Balaban J connectivity index is 1.87. The van der Waals surface area contributed by atoms with E-state index in [4.69, 9.17) is 9.47 Å². The van der Waals surface area contributed by atoms with Crippen molar-refractivity contribution in [3.63, 3.8) is 0 Å². The van der Waals surface area contributed by atoms with Crippen molar-refractivity contribution in [1.29, 1.82) is 0 Å². The lowest BCUT2D eigenvalue weighted by Gasteiger charge is -2.13. The number of methoxy groups -OCH3 is 1. The van der Waals surface area contributed by atoms with Gasteiger partial charge in [0.25, 0.3) is 0 Å². The average molecular weight is 355 g/mol. The normalized spacial score (nSPS) is 14.4. The summed E-state index contributed by atoms with van der Waals surface area (Å²) in [6, 6.07) is 12.7. The zero-order valence-electron chi connectivity index (χ0n) is 14.1. The number of Topliss-reactive ketones (excluding diaryl/α,β-unsaturated/α-hetero) is 1. The highest BCUT2D eigenvalue weighted by Crippen LogP contribution is 2.41. The van der Waals surface area contributed by atoms with E-state index >= 15 is 0 Å². The summed E-state index contributed by atoms with van der Waals surface area (Å²) < 4.78 is 10.6. The summed E-state index contributed by atoms with van der Waals surface area (Å²) in [5, 5.41) is 0. The van der Waals surface area contributed by atoms with E-state index in [1.807, 2.05) is 30.3 Å². The lowest BCUT2D eigenvalue weighted by Crippen LogP contribution is -2.25. The summed E-state index contributed by atoms with van der Waals surface area (Å²) in [4.78, 5) is 27.1. The molecule has 128 valence electrons. The van der Waals surface area contributed by atoms with E-state index in [1.165, 1.54) is 23.8 Å². The number of amides is 1. The van der Waals surface area contributed by atoms with Gasteiger partial charge >= 0.3 is 6.09 Å². The Labute approximate surface area is 150 Å². The van der Waals surface area contributed by atoms with Crippen molar-refractivity contribution >= 4 is 29.7 Å². The summed E-state index contributed by atoms with van der Waals surface area (Å²) in [5.74, 6) is 0.775. The van der Waals surface area contributed by atoms with Gasteiger partial charge in [-0.15, -0.1) is 0 Å². The van der Waals surface area contributed by atoms with Gasteiger partial charge in [-0.2, -0.15) is 0 Å². The van der Waals surface area contributed by atoms with Gasteiger partial charge in [-0.3, -0.25) is 4.79 Å². The Kier molecular flexibility index (Phi) is 4.81. The molecule has 0 saturated heterocycles. The summed E-state index contributed by atoms with van der Waals surface area (Å²) in [6.07, 6.45) is 1.33. The van der Waals surface area contributed by atoms with Gasteiger partial charge in [0, 0.05) is 24.6 Å². The topological polar surface area (TPSA) is 55.8 Å². The van der Waals surface area contributed by atoms with E-state index in [9.17, 15) is 9.59 Å². The molecule has 1 heterocycles. The zero-order valence-corrected chi connectivity index (χ0v) is 14.9. The number of nitrogens with zero attached hydrogens (tertiary/aromatic N) is 1. The zero-order chi connectivity index (χ0) is 18.0. The number of rotatable bonds is 3. The molecule has 0 spiro atoms. The first kappa shape index (κ1) is 17.1. The van der Waals surface area contributed by atoms with Crippen LogP contribution in [0.25, 0.3) is 6.08 Å². The Bertz CT molecular complexity index is 873. The van der Waals surface area contributed by atoms with Crippen LogP contribution in [0.15, 0.2) is 52.3 Å². The van der Waals surface area contributed by atoms with Gasteiger partial charge in [-0.1, -0.05) is 30.0 Å². The molecule has 0 fully saturated rings. The predicted molar refractivity (Wildman–Crippen MR) is 97.3 cm³/mol. The molecule has 0 bridgehead atoms. The molecule has 0 aliphatic carbocycles. The minimum Gasteiger partial charge on any atom is -0.493 e. The van der Waals surface area contributed by atoms with Gasteiger partial charge in [0.2, 0.25) is 5.78 Å². The molecule has 0 saturated carbocycles. The quantitative estimate of drug-likeness (QED) is 0.777. The maximum absolute atomic E-state index is 12.4. The number of thioether (sulfide) groups is 1. The standard InChI is InChI=1S/C19H17NO4S/c1-20(2)19(22)24-14-9-8-12(10-15(14)23-3)11-17-18(21)13-6-4-5-7-16(13)25-17/h4-11H,1-3H3/b17-11-. The molecule has 6 heteroatoms. The largest absolute Gasteiger partial charge is 0.493 e. The Hall–Kier alpha value is -2.73. The number of ether oxygens (including phenoxy) is 2. The molecule has 25 heavy (non-hydrogen) atoms. The molecule has 0 radical (unpaired) electrons. The first-order valence-electron chi connectivity index (χ1n) is 7.60.